The van der Waals surface area contributed by atoms with Crippen LogP contribution < -0.4 is 10.2 Å². The lowest BCUT2D eigenvalue weighted by atomic mass is 10.0. The Morgan fingerprint density at radius 3 is 2.91 bits per heavy atom. The highest BCUT2D eigenvalue weighted by molar-refractivity contribution is 6.01. The number of amides is 1. The molecule has 0 aliphatic carbocycles. The van der Waals surface area contributed by atoms with Crippen LogP contribution in [0, 0.1) is 11.6 Å². The molecule has 2 unspecified atom stereocenters. The summed E-state index contributed by atoms with van der Waals surface area (Å²) < 4.78 is 32.1. The maximum atomic E-state index is 14.5. The number of fused-ring (bicyclic) bond motifs is 2. The van der Waals surface area contributed by atoms with Crippen molar-refractivity contribution in [1.82, 2.24) is 24.5 Å². The summed E-state index contributed by atoms with van der Waals surface area (Å²) in [5.74, 6) is -0.0507. The Morgan fingerprint density at radius 2 is 2.00 bits per heavy atom. The lowest BCUT2D eigenvalue weighted by Gasteiger charge is -2.27. The van der Waals surface area contributed by atoms with Crippen LogP contribution in [0.4, 0.5) is 14.5 Å². The second kappa shape index (κ2) is 8.23. The second-order valence-electron chi connectivity index (χ2n) is 8.99. The minimum Gasteiger partial charge on any atom is -0.364 e. The zero-order valence-electron chi connectivity index (χ0n) is 18.5. The van der Waals surface area contributed by atoms with Gasteiger partial charge >= 0.3 is 0 Å². The molecule has 174 valence electrons. The third kappa shape index (κ3) is 3.61. The van der Waals surface area contributed by atoms with Crippen molar-refractivity contribution in [2.45, 2.75) is 44.3 Å². The summed E-state index contributed by atoms with van der Waals surface area (Å²) in [7, 11) is 0. The summed E-state index contributed by atoms with van der Waals surface area (Å²) in [4.78, 5) is 19.6. The molecule has 4 aromatic rings. The van der Waals surface area contributed by atoms with Gasteiger partial charge in [0.15, 0.2) is 0 Å². The zero-order valence-corrected chi connectivity index (χ0v) is 18.5. The number of anilines is 1. The summed E-state index contributed by atoms with van der Waals surface area (Å²) in [6.45, 7) is 1.55. The number of hydrogen-bond acceptors (Lipinski definition) is 4. The highest BCUT2D eigenvalue weighted by Crippen LogP contribution is 2.38. The molecule has 1 amide bonds. The summed E-state index contributed by atoms with van der Waals surface area (Å²) in [5, 5.41) is 7.47. The van der Waals surface area contributed by atoms with Crippen LogP contribution in [0.3, 0.4) is 0 Å². The summed E-state index contributed by atoms with van der Waals surface area (Å²) in [5.41, 5.74) is 2.38. The molecule has 0 spiro atoms. The Morgan fingerprint density at radius 1 is 1.09 bits per heavy atom. The number of benzene rings is 1. The van der Waals surface area contributed by atoms with Crippen LogP contribution >= 0.6 is 0 Å². The van der Waals surface area contributed by atoms with Gasteiger partial charge in [0, 0.05) is 55.4 Å². The molecule has 2 aliphatic heterocycles. The van der Waals surface area contributed by atoms with E-state index in [2.05, 4.69) is 24.9 Å². The topological polar surface area (TPSA) is 67.5 Å². The summed E-state index contributed by atoms with van der Waals surface area (Å²) in [6, 6.07) is 7.17. The maximum Gasteiger partial charge on any atom is 0.255 e. The number of nitrogens with zero attached hydrogens (tertiary/aromatic N) is 5. The van der Waals surface area contributed by atoms with Gasteiger partial charge in [-0.2, -0.15) is 5.10 Å². The first kappa shape index (κ1) is 20.8. The van der Waals surface area contributed by atoms with Crippen molar-refractivity contribution in [3.8, 4) is 0 Å². The molecule has 1 saturated heterocycles. The van der Waals surface area contributed by atoms with E-state index < -0.39 is 11.6 Å². The molecule has 9 heteroatoms. The van der Waals surface area contributed by atoms with Crippen molar-refractivity contribution in [2.75, 3.05) is 11.4 Å². The fourth-order valence-corrected chi connectivity index (χ4v) is 5.23. The maximum absolute atomic E-state index is 14.5. The number of carbonyl (C=O) groups is 1. The number of hydrogen-bond donors (Lipinski definition) is 1. The number of aryl methyl sites for hydroxylation is 1. The number of halogens is 2. The van der Waals surface area contributed by atoms with Crippen molar-refractivity contribution >= 4 is 17.1 Å². The Bertz CT molecular complexity index is 1380. The quantitative estimate of drug-likeness (QED) is 0.500. The molecule has 0 radical (unpaired) electrons. The minimum absolute atomic E-state index is 0.0134. The molecule has 2 aliphatic rings. The molecule has 1 N–H and O–H groups in total. The number of carbonyl (C=O) groups excluding carboxylic acids is 1. The van der Waals surface area contributed by atoms with Gasteiger partial charge in [0.05, 0.1) is 23.3 Å². The molecule has 6 rings (SSSR count). The van der Waals surface area contributed by atoms with Gasteiger partial charge in [-0.25, -0.2) is 18.3 Å². The van der Waals surface area contributed by atoms with E-state index in [-0.39, 0.29) is 18.0 Å². The average molecular weight is 463 g/mol. The normalized spacial score (nSPS) is 20.0. The Labute approximate surface area is 195 Å². The molecular weight excluding hydrogens is 438 g/mol. The average Bonchev–Trinajstić information content (AvgIpc) is 3.59. The lowest BCUT2D eigenvalue weighted by Crippen LogP contribution is -2.40. The SMILES string of the molecule is O=C(NC1CCn2ccnc2C1)c1cnn2ccc(N3CCCC3c3cc(F)ccc3F)cc12. The molecule has 1 aromatic carbocycles. The number of nitrogens with one attached hydrogen (secondary N) is 1. The summed E-state index contributed by atoms with van der Waals surface area (Å²) in [6.07, 6.45) is 10.3. The van der Waals surface area contributed by atoms with Gasteiger partial charge < -0.3 is 14.8 Å². The van der Waals surface area contributed by atoms with E-state index in [1.165, 1.54) is 12.1 Å². The molecule has 7 nitrogen and oxygen atoms in total. The fraction of sp³-hybridized carbons (Fsp3) is 0.320. The van der Waals surface area contributed by atoms with Crippen LogP contribution in [0.15, 0.2) is 55.1 Å². The van der Waals surface area contributed by atoms with Gasteiger partial charge in [0.1, 0.15) is 17.5 Å². The van der Waals surface area contributed by atoms with Gasteiger partial charge in [-0.05, 0) is 49.6 Å². The number of rotatable bonds is 4. The van der Waals surface area contributed by atoms with E-state index in [1.54, 1.807) is 23.1 Å². The van der Waals surface area contributed by atoms with Crippen LogP contribution in [0.1, 0.15) is 47.1 Å². The molecule has 34 heavy (non-hydrogen) atoms. The van der Waals surface area contributed by atoms with Crippen LogP contribution in [-0.4, -0.2) is 37.7 Å². The van der Waals surface area contributed by atoms with Crippen molar-refractivity contribution in [3.63, 3.8) is 0 Å². The third-order valence-corrected chi connectivity index (χ3v) is 6.94. The van der Waals surface area contributed by atoms with E-state index in [0.29, 0.717) is 23.1 Å². The Balaban J connectivity index is 1.27. The highest BCUT2D eigenvalue weighted by Gasteiger charge is 2.30. The Kier molecular flexibility index (Phi) is 5.04. The number of pyridine rings is 1. The largest absolute Gasteiger partial charge is 0.364 e. The molecule has 5 heterocycles. The minimum atomic E-state index is -0.446. The fourth-order valence-electron chi connectivity index (χ4n) is 5.23. The van der Waals surface area contributed by atoms with Crippen molar-refractivity contribution in [1.29, 1.82) is 0 Å². The monoisotopic (exact) mass is 462 g/mol. The number of aromatic nitrogens is 4. The van der Waals surface area contributed by atoms with Crippen LogP contribution in [-0.2, 0) is 13.0 Å². The molecule has 0 bridgehead atoms. The van der Waals surface area contributed by atoms with Crippen molar-refractivity contribution < 1.29 is 13.6 Å². The van der Waals surface area contributed by atoms with E-state index in [4.69, 9.17) is 0 Å². The van der Waals surface area contributed by atoms with E-state index in [9.17, 15) is 13.6 Å². The first-order valence-electron chi connectivity index (χ1n) is 11.6. The molecular formula is C25H24F2N6O. The zero-order chi connectivity index (χ0) is 23.2. The first-order valence-corrected chi connectivity index (χ1v) is 11.6. The highest BCUT2D eigenvalue weighted by atomic mass is 19.1. The van der Waals surface area contributed by atoms with Gasteiger partial charge in [0.2, 0.25) is 0 Å². The van der Waals surface area contributed by atoms with Crippen LogP contribution in [0.25, 0.3) is 5.52 Å². The second-order valence-corrected chi connectivity index (χ2v) is 8.99. The van der Waals surface area contributed by atoms with Crippen LogP contribution in [0.5, 0.6) is 0 Å². The number of imidazole rings is 1. The third-order valence-electron chi connectivity index (χ3n) is 6.94. The molecule has 3 aromatic heterocycles. The first-order chi connectivity index (χ1) is 16.6. The Hall–Kier alpha value is -3.75. The standard InChI is InChI=1S/C25H24F2N6O/c26-16-3-4-21(27)19(12-16)22-2-1-8-32(22)18-6-10-33-23(14-18)20(15-29-33)25(34)30-17-5-9-31-11-7-28-24(31)13-17/h3-4,6-7,10-12,14-15,17,22H,1-2,5,8-9,13H2,(H,30,34). The molecule has 1 fully saturated rings. The van der Waals surface area contributed by atoms with Crippen LogP contribution in [0.2, 0.25) is 0 Å². The van der Waals surface area contributed by atoms with E-state index in [0.717, 1.165) is 49.9 Å². The van der Waals surface area contributed by atoms with Crippen molar-refractivity contribution in [3.05, 3.63) is 83.7 Å². The van der Waals surface area contributed by atoms with E-state index in [1.807, 2.05) is 18.3 Å². The van der Waals surface area contributed by atoms with E-state index >= 15 is 0 Å². The smallest absolute Gasteiger partial charge is 0.255 e. The lowest BCUT2D eigenvalue weighted by molar-refractivity contribution is 0.0932. The van der Waals surface area contributed by atoms with Gasteiger partial charge in [-0.1, -0.05) is 0 Å². The van der Waals surface area contributed by atoms with Gasteiger partial charge in [-0.3, -0.25) is 4.79 Å². The van der Waals surface area contributed by atoms with Gasteiger partial charge in [0.25, 0.3) is 5.91 Å². The summed E-state index contributed by atoms with van der Waals surface area (Å²) >= 11 is 0. The molecule has 2 atom stereocenters. The molecule has 0 saturated carbocycles. The van der Waals surface area contributed by atoms with Gasteiger partial charge in [-0.15, -0.1) is 0 Å². The predicted octanol–water partition coefficient (Wildman–Crippen LogP) is 3.90. The predicted molar refractivity (Wildman–Crippen MR) is 123 cm³/mol. The van der Waals surface area contributed by atoms with Crippen molar-refractivity contribution in [2.24, 2.45) is 0 Å².